The Balaban J connectivity index is 2.77. The lowest BCUT2D eigenvalue weighted by Crippen LogP contribution is -2.33. The SMILES string of the molecule is Cc1ccc([N+](=O)[O-])cc1NC(=O)N(C)CCC(=O)O. The first-order valence-corrected chi connectivity index (χ1v) is 5.80. The number of carbonyl (C=O) groups excluding carboxylic acids is 1. The number of hydrogen-bond acceptors (Lipinski definition) is 4. The number of nitro benzene ring substituents is 1. The third-order valence-electron chi connectivity index (χ3n) is 2.68. The van der Waals surface area contributed by atoms with E-state index in [1.165, 1.54) is 30.1 Å². The maximum atomic E-state index is 11.8. The second-order valence-corrected chi connectivity index (χ2v) is 4.25. The Labute approximate surface area is 115 Å². The van der Waals surface area contributed by atoms with Crippen LogP contribution in [0.4, 0.5) is 16.2 Å². The van der Waals surface area contributed by atoms with Gasteiger partial charge in [-0.25, -0.2) is 4.79 Å². The molecule has 1 aromatic rings. The quantitative estimate of drug-likeness (QED) is 0.631. The lowest BCUT2D eigenvalue weighted by molar-refractivity contribution is -0.384. The predicted molar refractivity (Wildman–Crippen MR) is 71.7 cm³/mol. The van der Waals surface area contributed by atoms with Crippen LogP contribution in [0.3, 0.4) is 0 Å². The Hall–Kier alpha value is -2.64. The predicted octanol–water partition coefficient (Wildman–Crippen LogP) is 1.84. The first kappa shape index (κ1) is 15.4. The molecule has 1 rings (SSSR count). The molecule has 0 radical (unpaired) electrons. The lowest BCUT2D eigenvalue weighted by Gasteiger charge is -2.17. The van der Waals surface area contributed by atoms with E-state index >= 15 is 0 Å². The topological polar surface area (TPSA) is 113 Å². The summed E-state index contributed by atoms with van der Waals surface area (Å²) < 4.78 is 0. The summed E-state index contributed by atoms with van der Waals surface area (Å²) in [6, 6.07) is 3.62. The Morgan fingerprint density at radius 2 is 2.10 bits per heavy atom. The maximum Gasteiger partial charge on any atom is 0.321 e. The number of anilines is 1. The van der Waals surface area contributed by atoms with Crippen molar-refractivity contribution in [3.05, 3.63) is 33.9 Å². The van der Waals surface area contributed by atoms with Crippen molar-refractivity contribution in [3.63, 3.8) is 0 Å². The fraction of sp³-hybridized carbons (Fsp3) is 0.333. The van der Waals surface area contributed by atoms with E-state index in [4.69, 9.17) is 5.11 Å². The smallest absolute Gasteiger partial charge is 0.321 e. The first-order chi connectivity index (χ1) is 9.31. The van der Waals surface area contributed by atoms with Gasteiger partial charge in [-0.1, -0.05) is 6.07 Å². The molecule has 0 aliphatic carbocycles. The highest BCUT2D eigenvalue weighted by molar-refractivity contribution is 5.90. The highest BCUT2D eigenvalue weighted by Gasteiger charge is 2.14. The Kier molecular flexibility index (Phi) is 5.01. The minimum atomic E-state index is -1.00. The minimum absolute atomic E-state index is 0.0507. The summed E-state index contributed by atoms with van der Waals surface area (Å²) in [4.78, 5) is 33.6. The molecule has 0 spiro atoms. The van der Waals surface area contributed by atoms with Crippen LogP contribution >= 0.6 is 0 Å². The van der Waals surface area contributed by atoms with E-state index in [1.54, 1.807) is 6.92 Å². The monoisotopic (exact) mass is 281 g/mol. The van der Waals surface area contributed by atoms with Crippen molar-refractivity contribution in [2.24, 2.45) is 0 Å². The van der Waals surface area contributed by atoms with Gasteiger partial charge in [-0.15, -0.1) is 0 Å². The number of carboxylic acid groups (broad SMARTS) is 1. The molecule has 108 valence electrons. The fourth-order valence-electron chi connectivity index (χ4n) is 1.43. The van der Waals surface area contributed by atoms with Crippen LogP contribution in [0.25, 0.3) is 0 Å². The van der Waals surface area contributed by atoms with Crippen molar-refractivity contribution in [2.45, 2.75) is 13.3 Å². The van der Waals surface area contributed by atoms with Gasteiger partial charge in [-0.2, -0.15) is 0 Å². The second-order valence-electron chi connectivity index (χ2n) is 4.25. The molecule has 8 nitrogen and oxygen atoms in total. The number of nitro groups is 1. The number of carbonyl (C=O) groups is 2. The van der Waals surface area contributed by atoms with E-state index in [0.29, 0.717) is 11.3 Å². The van der Waals surface area contributed by atoms with E-state index < -0.39 is 16.9 Å². The number of aryl methyl sites for hydroxylation is 1. The number of benzene rings is 1. The fourth-order valence-corrected chi connectivity index (χ4v) is 1.43. The molecule has 2 N–H and O–H groups in total. The van der Waals surface area contributed by atoms with E-state index in [2.05, 4.69) is 5.32 Å². The van der Waals surface area contributed by atoms with Crippen LogP contribution in [0.5, 0.6) is 0 Å². The standard InChI is InChI=1S/C12H15N3O5/c1-8-3-4-9(15(19)20)7-10(8)13-12(18)14(2)6-5-11(16)17/h3-4,7H,5-6H2,1-2H3,(H,13,18)(H,16,17). The molecule has 8 heteroatoms. The van der Waals surface area contributed by atoms with Gasteiger partial charge in [0.25, 0.3) is 5.69 Å². The van der Waals surface area contributed by atoms with Gasteiger partial charge >= 0.3 is 12.0 Å². The molecular formula is C12H15N3O5. The molecule has 1 aromatic carbocycles. The number of nitrogens with one attached hydrogen (secondary N) is 1. The van der Waals surface area contributed by atoms with Crippen molar-refractivity contribution in [1.82, 2.24) is 4.90 Å². The summed E-state index contributed by atoms with van der Waals surface area (Å²) in [5, 5.41) is 21.7. The molecule has 0 aromatic heterocycles. The Bertz CT molecular complexity index is 544. The molecule has 2 amide bonds. The number of aliphatic carboxylic acids is 1. The number of nitrogens with zero attached hydrogens (tertiary/aromatic N) is 2. The van der Waals surface area contributed by atoms with Crippen LogP contribution in [0.15, 0.2) is 18.2 Å². The highest BCUT2D eigenvalue weighted by Crippen LogP contribution is 2.22. The normalized spacial score (nSPS) is 9.90. The molecular weight excluding hydrogens is 266 g/mol. The van der Waals surface area contributed by atoms with E-state index in [1.807, 2.05) is 0 Å². The summed E-state index contributed by atoms with van der Waals surface area (Å²) in [6.07, 6.45) is -0.169. The largest absolute Gasteiger partial charge is 0.481 e. The molecule has 20 heavy (non-hydrogen) atoms. The van der Waals surface area contributed by atoms with Gasteiger partial charge in [0.15, 0.2) is 0 Å². The van der Waals surface area contributed by atoms with E-state index in [0.717, 1.165) is 0 Å². The van der Waals surface area contributed by atoms with Crippen molar-refractivity contribution in [3.8, 4) is 0 Å². The zero-order chi connectivity index (χ0) is 15.3. The Morgan fingerprint density at radius 3 is 2.65 bits per heavy atom. The minimum Gasteiger partial charge on any atom is -0.481 e. The third-order valence-corrected chi connectivity index (χ3v) is 2.68. The van der Waals surface area contributed by atoms with Gasteiger partial charge in [0.2, 0.25) is 0 Å². The van der Waals surface area contributed by atoms with Gasteiger partial charge in [-0.05, 0) is 12.5 Å². The summed E-state index contributed by atoms with van der Waals surface area (Å²) in [5.74, 6) is -1.00. The molecule has 0 unspecified atom stereocenters. The average Bonchev–Trinajstić information content (AvgIpc) is 2.37. The van der Waals surface area contributed by atoms with Crippen molar-refractivity contribution in [1.29, 1.82) is 0 Å². The molecule has 0 aliphatic heterocycles. The molecule has 0 bridgehead atoms. The van der Waals surface area contributed by atoms with Crippen LogP contribution in [-0.2, 0) is 4.79 Å². The maximum absolute atomic E-state index is 11.8. The average molecular weight is 281 g/mol. The van der Waals surface area contributed by atoms with Crippen LogP contribution in [0.1, 0.15) is 12.0 Å². The molecule has 0 heterocycles. The molecule has 0 atom stereocenters. The third kappa shape index (κ3) is 4.23. The Morgan fingerprint density at radius 1 is 1.45 bits per heavy atom. The molecule has 0 saturated carbocycles. The number of carboxylic acids is 1. The number of hydrogen-bond donors (Lipinski definition) is 2. The van der Waals surface area contributed by atoms with Crippen LogP contribution in [0, 0.1) is 17.0 Å². The summed E-state index contributed by atoms with van der Waals surface area (Å²) >= 11 is 0. The molecule has 0 saturated heterocycles. The van der Waals surface area contributed by atoms with Gasteiger partial charge in [0.05, 0.1) is 17.0 Å². The number of non-ortho nitro benzene ring substituents is 1. The van der Waals surface area contributed by atoms with Crippen LogP contribution in [0.2, 0.25) is 0 Å². The van der Waals surface area contributed by atoms with Crippen molar-refractivity contribution in [2.75, 3.05) is 18.9 Å². The zero-order valence-corrected chi connectivity index (χ0v) is 11.1. The van der Waals surface area contributed by atoms with Crippen molar-refractivity contribution < 1.29 is 19.6 Å². The lowest BCUT2D eigenvalue weighted by atomic mass is 10.2. The van der Waals surface area contributed by atoms with E-state index in [9.17, 15) is 19.7 Å². The number of rotatable bonds is 5. The number of urea groups is 1. The zero-order valence-electron chi connectivity index (χ0n) is 11.1. The van der Waals surface area contributed by atoms with Crippen LogP contribution < -0.4 is 5.32 Å². The summed E-state index contributed by atoms with van der Waals surface area (Å²) in [5.41, 5.74) is 0.876. The van der Waals surface area contributed by atoms with E-state index in [-0.39, 0.29) is 18.7 Å². The highest BCUT2D eigenvalue weighted by atomic mass is 16.6. The number of amides is 2. The van der Waals surface area contributed by atoms with Gasteiger partial charge < -0.3 is 15.3 Å². The molecule has 0 fully saturated rings. The van der Waals surface area contributed by atoms with Gasteiger partial charge in [0, 0.05) is 25.7 Å². The first-order valence-electron chi connectivity index (χ1n) is 5.80. The van der Waals surface area contributed by atoms with Gasteiger partial charge in [0.1, 0.15) is 0 Å². The van der Waals surface area contributed by atoms with Gasteiger partial charge in [-0.3, -0.25) is 14.9 Å². The summed E-state index contributed by atoms with van der Waals surface area (Å²) in [6.45, 7) is 1.76. The molecule has 0 aliphatic rings. The van der Waals surface area contributed by atoms with Crippen molar-refractivity contribution >= 4 is 23.4 Å². The summed E-state index contributed by atoms with van der Waals surface area (Å²) in [7, 11) is 1.45. The second kappa shape index (κ2) is 6.50. The van der Waals surface area contributed by atoms with Crippen LogP contribution in [-0.4, -0.2) is 40.5 Å².